The van der Waals surface area contributed by atoms with Gasteiger partial charge in [-0.25, -0.2) is 8.42 Å². The first-order chi connectivity index (χ1) is 20.9. The standard InChI is InChI=1S/C34H35Cl2N3O4S/c1-23-13-16-28(17-14-23)44(42,43)39(31-12-8-9-24(2)25(31)3)22-33(40)38(21-27-15-18-29(35)30(36)19-27)32(34(41)37-4)20-26-10-6-5-7-11-26/h5-19,32H,20-22H2,1-4H3,(H,37,41). The summed E-state index contributed by atoms with van der Waals surface area (Å²) in [5.74, 6) is -0.945. The average Bonchev–Trinajstić information content (AvgIpc) is 3.01. The van der Waals surface area contributed by atoms with E-state index in [2.05, 4.69) is 5.32 Å². The normalized spacial score (nSPS) is 12.0. The fraction of sp³-hybridized carbons (Fsp3) is 0.235. The molecule has 0 heterocycles. The molecule has 0 saturated carbocycles. The topological polar surface area (TPSA) is 86.8 Å². The van der Waals surface area contributed by atoms with Crippen molar-refractivity contribution in [2.75, 3.05) is 17.9 Å². The fourth-order valence-electron chi connectivity index (χ4n) is 4.91. The number of hydrogen-bond acceptors (Lipinski definition) is 4. The highest BCUT2D eigenvalue weighted by atomic mass is 35.5. The van der Waals surface area contributed by atoms with Gasteiger partial charge in [0.05, 0.1) is 20.6 Å². The first-order valence-corrected chi connectivity index (χ1v) is 16.3. The Bertz CT molecular complexity index is 1750. The van der Waals surface area contributed by atoms with Gasteiger partial charge in [-0.2, -0.15) is 0 Å². The molecule has 230 valence electrons. The highest BCUT2D eigenvalue weighted by Gasteiger charge is 2.35. The average molecular weight is 653 g/mol. The Labute approximate surface area is 269 Å². The molecule has 10 heteroatoms. The van der Waals surface area contributed by atoms with Gasteiger partial charge in [-0.15, -0.1) is 0 Å². The minimum absolute atomic E-state index is 0.00807. The van der Waals surface area contributed by atoms with Gasteiger partial charge in [0, 0.05) is 20.0 Å². The number of nitrogens with zero attached hydrogens (tertiary/aromatic N) is 2. The predicted molar refractivity (Wildman–Crippen MR) is 177 cm³/mol. The number of likely N-dealkylation sites (N-methyl/N-ethyl adjacent to an activating group) is 1. The number of amides is 2. The minimum Gasteiger partial charge on any atom is -0.357 e. The van der Waals surface area contributed by atoms with Crippen molar-refractivity contribution in [1.29, 1.82) is 0 Å². The number of hydrogen-bond donors (Lipinski definition) is 1. The first-order valence-electron chi connectivity index (χ1n) is 14.1. The molecule has 1 unspecified atom stereocenters. The van der Waals surface area contributed by atoms with Crippen molar-refractivity contribution in [1.82, 2.24) is 10.2 Å². The van der Waals surface area contributed by atoms with Gasteiger partial charge in [0.1, 0.15) is 12.6 Å². The number of halogens is 2. The van der Waals surface area contributed by atoms with Gasteiger partial charge in [-0.1, -0.05) is 89.4 Å². The summed E-state index contributed by atoms with van der Waals surface area (Å²) >= 11 is 12.5. The summed E-state index contributed by atoms with van der Waals surface area (Å²) in [6, 6.07) is 25.2. The molecule has 1 atom stereocenters. The smallest absolute Gasteiger partial charge is 0.264 e. The Morgan fingerprint density at radius 1 is 0.818 bits per heavy atom. The zero-order chi connectivity index (χ0) is 32.0. The third kappa shape index (κ3) is 7.62. The number of carbonyl (C=O) groups is 2. The second-order valence-corrected chi connectivity index (χ2v) is 13.3. The molecule has 44 heavy (non-hydrogen) atoms. The maximum absolute atomic E-state index is 14.4. The number of anilines is 1. The maximum atomic E-state index is 14.4. The van der Waals surface area contributed by atoms with Crippen LogP contribution in [0.25, 0.3) is 0 Å². The first kappa shape index (κ1) is 33.1. The van der Waals surface area contributed by atoms with Gasteiger partial charge in [0.2, 0.25) is 11.8 Å². The summed E-state index contributed by atoms with van der Waals surface area (Å²) < 4.78 is 29.5. The Balaban J connectivity index is 1.83. The number of nitrogens with one attached hydrogen (secondary N) is 1. The summed E-state index contributed by atoms with van der Waals surface area (Å²) in [7, 11) is -2.68. The van der Waals surface area contributed by atoms with Crippen molar-refractivity contribution >= 4 is 50.7 Å². The van der Waals surface area contributed by atoms with E-state index >= 15 is 0 Å². The zero-order valence-corrected chi connectivity index (χ0v) is 27.4. The number of carbonyl (C=O) groups excluding carboxylic acids is 2. The highest BCUT2D eigenvalue weighted by Crippen LogP contribution is 2.30. The highest BCUT2D eigenvalue weighted by molar-refractivity contribution is 7.92. The van der Waals surface area contributed by atoms with Crippen LogP contribution in [0, 0.1) is 20.8 Å². The quantitative estimate of drug-likeness (QED) is 0.201. The molecule has 4 aromatic rings. The third-order valence-electron chi connectivity index (χ3n) is 7.59. The summed E-state index contributed by atoms with van der Waals surface area (Å²) in [5, 5.41) is 3.33. The molecular formula is C34H35Cl2N3O4S. The van der Waals surface area contributed by atoms with Crippen molar-refractivity contribution in [3.63, 3.8) is 0 Å². The Hall–Kier alpha value is -3.85. The van der Waals surface area contributed by atoms with E-state index in [0.29, 0.717) is 21.3 Å². The summed E-state index contributed by atoms with van der Waals surface area (Å²) in [6.45, 7) is 5.03. The monoisotopic (exact) mass is 651 g/mol. The van der Waals surface area contributed by atoms with Crippen molar-refractivity contribution in [3.8, 4) is 0 Å². The summed E-state index contributed by atoms with van der Waals surface area (Å²) in [5.41, 5.74) is 4.35. The van der Waals surface area contributed by atoms with Crippen LogP contribution in [0.4, 0.5) is 5.69 Å². The van der Waals surface area contributed by atoms with Crippen LogP contribution in [0.3, 0.4) is 0 Å². The van der Waals surface area contributed by atoms with Crippen molar-refractivity contribution in [3.05, 3.63) is 129 Å². The van der Waals surface area contributed by atoms with Gasteiger partial charge in [0.25, 0.3) is 10.0 Å². The maximum Gasteiger partial charge on any atom is 0.264 e. The second kappa shape index (κ2) is 14.3. The zero-order valence-electron chi connectivity index (χ0n) is 25.1. The van der Waals surface area contributed by atoms with Crippen LogP contribution in [0.15, 0.2) is 95.9 Å². The lowest BCUT2D eigenvalue weighted by Crippen LogP contribution is -2.53. The fourth-order valence-corrected chi connectivity index (χ4v) is 6.70. The van der Waals surface area contributed by atoms with E-state index in [1.54, 1.807) is 42.5 Å². The lowest BCUT2D eigenvalue weighted by atomic mass is 10.0. The molecule has 0 aliphatic rings. The lowest BCUT2D eigenvalue weighted by Gasteiger charge is -2.34. The van der Waals surface area contributed by atoms with Crippen LogP contribution < -0.4 is 9.62 Å². The van der Waals surface area contributed by atoms with Crippen LogP contribution in [0.1, 0.15) is 27.8 Å². The van der Waals surface area contributed by atoms with Gasteiger partial charge in [0.15, 0.2) is 0 Å². The molecule has 1 N–H and O–H groups in total. The molecule has 0 radical (unpaired) electrons. The largest absolute Gasteiger partial charge is 0.357 e. The second-order valence-electron chi connectivity index (χ2n) is 10.6. The van der Waals surface area contributed by atoms with Crippen molar-refractivity contribution in [2.24, 2.45) is 0 Å². The molecule has 0 bridgehead atoms. The molecule has 0 fully saturated rings. The van der Waals surface area contributed by atoms with E-state index in [1.165, 1.54) is 24.1 Å². The Morgan fingerprint density at radius 3 is 2.14 bits per heavy atom. The Kier molecular flexibility index (Phi) is 10.7. The molecule has 2 amide bonds. The number of benzene rings is 4. The van der Waals surface area contributed by atoms with Crippen molar-refractivity contribution in [2.45, 2.75) is 44.7 Å². The van der Waals surface area contributed by atoms with Gasteiger partial charge < -0.3 is 10.2 Å². The van der Waals surface area contributed by atoms with Gasteiger partial charge >= 0.3 is 0 Å². The molecule has 0 aliphatic heterocycles. The molecular weight excluding hydrogens is 617 g/mol. The lowest BCUT2D eigenvalue weighted by molar-refractivity contribution is -0.139. The summed E-state index contributed by atoms with van der Waals surface area (Å²) in [6.07, 6.45) is 0.210. The number of sulfonamides is 1. The predicted octanol–water partition coefficient (Wildman–Crippen LogP) is 6.50. The van der Waals surface area contributed by atoms with E-state index in [9.17, 15) is 18.0 Å². The van der Waals surface area contributed by atoms with Crippen LogP contribution in [-0.2, 0) is 32.6 Å². The molecule has 0 aliphatic carbocycles. The third-order valence-corrected chi connectivity index (χ3v) is 10.1. The minimum atomic E-state index is -4.19. The molecule has 0 saturated heterocycles. The molecule has 0 spiro atoms. The van der Waals surface area contributed by atoms with Crippen molar-refractivity contribution < 1.29 is 18.0 Å². The molecule has 4 rings (SSSR count). The number of rotatable bonds is 11. The molecule has 0 aromatic heterocycles. The van der Waals surface area contributed by atoms with Crippen LogP contribution in [0.5, 0.6) is 0 Å². The molecule has 7 nitrogen and oxygen atoms in total. The SMILES string of the molecule is CNC(=O)C(Cc1ccccc1)N(Cc1ccc(Cl)c(Cl)c1)C(=O)CN(c1cccc(C)c1C)S(=O)(=O)c1ccc(C)cc1. The van der Waals surface area contributed by atoms with Crippen LogP contribution >= 0.6 is 23.2 Å². The van der Waals surface area contributed by atoms with E-state index in [1.807, 2.05) is 57.2 Å². The van der Waals surface area contributed by atoms with Gasteiger partial charge in [-0.3, -0.25) is 13.9 Å². The van der Waals surface area contributed by atoms with Crippen LogP contribution in [-0.4, -0.2) is 44.8 Å². The number of aryl methyl sites for hydroxylation is 2. The molecule has 4 aromatic carbocycles. The van der Waals surface area contributed by atoms with E-state index in [0.717, 1.165) is 26.6 Å². The Morgan fingerprint density at radius 2 is 1.50 bits per heavy atom. The van der Waals surface area contributed by atoms with E-state index in [-0.39, 0.29) is 23.8 Å². The van der Waals surface area contributed by atoms with E-state index in [4.69, 9.17) is 23.2 Å². The van der Waals surface area contributed by atoms with E-state index < -0.39 is 28.5 Å². The summed E-state index contributed by atoms with van der Waals surface area (Å²) in [4.78, 5) is 29.3. The van der Waals surface area contributed by atoms with Crippen LogP contribution in [0.2, 0.25) is 10.0 Å². The van der Waals surface area contributed by atoms with Gasteiger partial charge in [-0.05, 0) is 73.4 Å².